The molecule has 17 heavy (non-hydrogen) atoms. The lowest BCUT2D eigenvalue weighted by atomic mass is 9.92. The number of para-hydroxylation sites is 1. The van der Waals surface area contributed by atoms with Gasteiger partial charge in [0, 0.05) is 12.6 Å². The lowest BCUT2D eigenvalue weighted by molar-refractivity contribution is -0.384. The molecule has 1 rings (SSSR count). The van der Waals surface area contributed by atoms with E-state index in [2.05, 4.69) is 26.1 Å². The van der Waals surface area contributed by atoms with Gasteiger partial charge in [-0.15, -0.1) is 0 Å². The number of hydrogen-bond acceptors (Lipinski definition) is 3. The predicted octanol–water partition coefficient (Wildman–Crippen LogP) is 3.58. The Hall–Kier alpha value is -1.65. The Morgan fingerprint density at radius 1 is 1.41 bits per heavy atom. The molecule has 0 atom stereocenters. The number of nitro groups is 1. The number of rotatable bonds is 4. The normalized spacial score (nSPS) is 11.3. The van der Waals surface area contributed by atoms with Gasteiger partial charge in [0.15, 0.2) is 5.82 Å². The molecule has 0 heterocycles. The van der Waals surface area contributed by atoms with Crippen LogP contribution in [0.25, 0.3) is 0 Å². The zero-order chi connectivity index (χ0) is 13.1. The van der Waals surface area contributed by atoms with Crippen LogP contribution in [0.2, 0.25) is 0 Å². The van der Waals surface area contributed by atoms with Gasteiger partial charge >= 0.3 is 0 Å². The standard InChI is InChI=1S/C12H17FN2O2/c1-12(2,3)7-8-14-11-9(13)5-4-6-10(11)15(16)17/h4-6,14H,7-8H2,1-3H3. The highest BCUT2D eigenvalue weighted by Crippen LogP contribution is 2.27. The van der Waals surface area contributed by atoms with E-state index >= 15 is 0 Å². The first-order valence-electron chi connectivity index (χ1n) is 5.48. The average molecular weight is 240 g/mol. The van der Waals surface area contributed by atoms with Gasteiger partial charge in [-0.1, -0.05) is 26.8 Å². The lowest BCUT2D eigenvalue weighted by Crippen LogP contribution is -2.14. The molecule has 5 heteroatoms. The summed E-state index contributed by atoms with van der Waals surface area (Å²) in [4.78, 5) is 10.2. The summed E-state index contributed by atoms with van der Waals surface area (Å²) in [5.74, 6) is -0.590. The molecule has 0 aliphatic carbocycles. The van der Waals surface area contributed by atoms with E-state index in [1.165, 1.54) is 18.2 Å². The van der Waals surface area contributed by atoms with Gasteiger partial charge in [0.1, 0.15) is 5.69 Å². The molecule has 0 aliphatic heterocycles. The van der Waals surface area contributed by atoms with Crippen LogP contribution in [0, 0.1) is 21.3 Å². The van der Waals surface area contributed by atoms with Crippen molar-refractivity contribution < 1.29 is 9.31 Å². The summed E-state index contributed by atoms with van der Waals surface area (Å²) in [7, 11) is 0. The highest BCUT2D eigenvalue weighted by molar-refractivity contribution is 5.62. The van der Waals surface area contributed by atoms with Crippen LogP contribution in [0.15, 0.2) is 18.2 Å². The second-order valence-corrected chi connectivity index (χ2v) is 5.13. The zero-order valence-electron chi connectivity index (χ0n) is 10.3. The Balaban J connectivity index is 2.79. The highest BCUT2D eigenvalue weighted by atomic mass is 19.1. The van der Waals surface area contributed by atoms with Gasteiger partial charge in [0.25, 0.3) is 5.69 Å². The summed E-state index contributed by atoms with van der Waals surface area (Å²) in [6.45, 7) is 6.69. The van der Waals surface area contributed by atoms with E-state index in [9.17, 15) is 14.5 Å². The van der Waals surface area contributed by atoms with Gasteiger partial charge in [0.05, 0.1) is 4.92 Å². The Morgan fingerprint density at radius 2 is 2.06 bits per heavy atom. The van der Waals surface area contributed by atoms with Gasteiger partial charge in [-0.25, -0.2) is 4.39 Å². The van der Waals surface area contributed by atoms with E-state index in [-0.39, 0.29) is 16.8 Å². The smallest absolute Gasteiger partial charge is 0.295 e. The number of benzene rings is 1. The summed E-state index contributed by atoms with van der Waals surface area (Å²) < 4.78 is 13.5. The van der Waals surface area contributed by atoms with Crippen molar-refractivity contribution in [1.29, 1.82) is 0 Å². The molecule has 1 aromatic rings. The van der Waals surface area contributed by atoms with Crippen LogP contribution >= 0.6 is 0 Å². The number of nitrogens with one attached hydrogen (secondary N) is 1. The Bertz CT molecular complexity index is 413. The first-order valence-corrected chi connectivity index (χ1v) is 5.48. The van der Waals surface area contributed by atoms with Gasteiger partial charge in [-0.3, -0.25) is 10.1 Å². The van der Waals surface area contributed by atoms with Gasteiger partial charge in [-0.2, -0.15) is 0 Å². The molecule has 0 spiro atoms. The Kier molecular flexibility index (Phi) is 4.04. The molecular formula is C12H17FN2O2. The Labute approximate surface area is 100.0 Å². The fourth-order valence-electron chi connectivity index (χ4n) is 1.40. The largest absolute Gasteiger partial charge is 0.377 e. The van der Waals surface area contributed by atoms with Crippen LogP contribution in [0.5, 0.6) is 0 Å². The molecule has 0 unspecified atom stereocenters. The maximum atomic E-state index is 13.5. The van der Waals surface area contributed by atoms with Crippen LogP contribution in [-0.4, -0.2) is 11.5 Å². The number of nitro benzene ring substituents is 1. The number of nitrogens with zero attached hydrogens (tertiary/aromatic N) is 1. The monoisotopic (exact) mass is 240 g/mol. The van der Waals surface area contributed by atoms with E-state index in [4.69, 9.17) is 0 Å². The van der Waals surface area contributed by atoms with Crippen molar-refractivity contribution in [2.24, 2.45) is 5.41 Å². The van der Waals surface area contributed by atoms with Crippen molar-refractivity contribution in [1.82, 2.24) is 0 Å². The molecule has 1 N–H and O–H groups in total. The predicted molar refractivity (Wildman–Crippen MR) is 65.6 cm³/mol. The first-order chi connectivity index (χ1) is 7.81. The average Bonchev–Trinajstić information content (AvgIpc) is 2.18. The summed E-state index contributed by atoms with van der Waals surface area (Å²) in [6.07, 6.45) is 0.804. The third kappa shape index (κ3) is 4.01. The topological polar surface area (TPSA) is 55.2 Å². The third-order valence-electron chi connectivity index (χ3n) is 2.37. The minimum absolute atomic E-state index is 0.0262. The van der Waals surface area contributed by atoms with Crippen molar-refractivity contribution in [3.05, 3.63) is 34.1 Å². The highest BCUT2D eigenvalue weighted by Gasteiger charge is 2.18. The minimum atomic E-state index is -0.590. The second-order valence-electron chi connectivity index (χ2n) is 5.13. The second kappa shape index (κ2) is 5.12. The van der Waals surface area contributed by atoms with Gasteiger partial charge in [0.2, 0.25) is 0 Å². The first kappa shape index (κ1) is 13.4. The molecule has 0 fully saturated rings. The molecule has 0 radical (unpaired) electrons. The van der Waals surface area contributed by atoms with Crippen molar-refractivity contribution >= 4 is 11.4 Å². The van der Waals surface area contributed by atoms with Crippen LogP contribution in [0.4, 0.5) is 15.8 Å². The molecule has 0 bridgehead atoms. The van der Waals surface area contributed by atoms with Crippen LogP contribution in [0.3, 0.4) is 0 Å². The van der Waals surface area contributed by atoms with E-state index in [1.54, 1.807) is 0 Å². The molecule has 0 aliphatic rings. The van der Waals surface area contributed by atoms with Crippen molar-refractivity contribution in [2.45, 2.75) is 27.2 Å². The van der Waals surface area contributed by atoms with Crippen molar-refractivity contribution in [3.8, 4) is 0 Å². The molecule has 0 saturated heterocycles. The quantitative estimate of drug-likeness (QED) is 0.646. The number of halogens is 1. The summed E-state index contributed by atoms with van der Waals surface area (Å²) in [6, 6.07) is 3.84. The lowest BCUT2D eigenvalue weighted by Gasteiger charge is -2.18. The fourth-order valence-corrected chi connectivity index (χ4v) is 1.40. The summed E-state index contributed by atoms with van der Waals surface area (Å²) in [5, 5.41) is 13.5. The zero-order valence-corrected chi connectivity index (χ0v) is 10.3. The van der Waals surface area contributed by atoms with Gasteiger partial charge in [-0.05, 0) is 17.9 Å². The minimum Gasteiger partial charge on any atom is -0.377 e. The van der Waals surface area contributed by atoms with Crippen LogP contribution < -0.4 is 5.32 Å². The molecule has 4 nitrogen and oxygen atoms in total. The van der Waals surface area contributed by atoms with E-state index in [1.807, 2.05) is 0 Å². The van der Waals surface area contributed by atoms with E-state index < -0.39 is 10.7 Å². The molecular weight excluding hydrogens is 223 g/mol. The fraction of sp³-hybridized carbons (Fsp3) is 0.500. The maximum Gasteiger partial charge on any atom is 0.295 e. The summed E-state index contributed by atoms with van der Waals surface area (Å²) >= 11 is 0. The molecule has 1 aromatic carbocycles. The van der Waals surface area contributed by atoms with Crippen molar-refractivity contribution in [3.63, 3.8) is 0 Å². The Morgan fingerprint density at radius 3 is 2.59 bits per heavy atom. The third-order valence-corrected chi connectivity index (χ3v) is 2.37. The van der Waals surface area contributed by atoms with E-state index in [0.717, 1.165) is 6.42 Å². The molecule has 0 saturated carbocycles. The van der Waals surface area contributed by atoms with Crippen molar-refractivity contribution in [2.75, 3.05) is 11.9 Å². The van der Waals surface area contributed by atoms with E-state index in [0.29, 0.717) is 6.54 Å². The molecule has 94 valence electrons. The van der Waals surface area contributed by atoms with Crippen LogP contribution in [-0.2, 0) is 0 Å². The SMILES string of the molecule is CC(C)(C)CCNc1c(F)cccc1[N+](=O)[O-]. The number of hydrogen-bond donors (Lipinski definition) is 1. The molecule has 0 aromatic heterocycles. The van der Waals surface area contributed by atoms with Crippen LogP contribution in [0.1, 0.15) is 27.2 Å². The summed E-state index contributed by atoms with van der Waals surface area (Å²) in [5.41, 5.74) is -0.145. The maximum absolute atomic E-state index is 13.5. The van der Waals surface area contributed by atoms with Gasteiger partial charge < -0.3 is 5.32 Å². The molecule has 0 amide bonds. The number of anilines is 1.